The Kier molecular flexibility index (Phi) is 6.88. The van der Waals surface area contributed by atoms with Crippen LogP contribution in [0.4, 0.5) is 0 Å². The molecule has 0 saturated heterocycles. The Hall–Kier alpha value is -1.32. The van der Waals surface area contributed by atoms with E-state index in [9.17, 15) is 9.36 Å². The molecule has 1 unspecified atom stereocenters. The molecule has 134 valence electrons. The standard InChI is InChI=1S/C18H28NO4P/c1-14(2)24(21,23-17-12-8-5-9-13-17)19-15(3)18(20)22-16-10-6-4-7-11-16/h5,8-9,12-16H,4,6-7,10-11H2,1-3H3,(H,19,21)/t15-,24?/m0/s1. The molecule has 0 radical (unpaired) electrons. The molecular weight excluding hydrogens is 325 g/mol. The monoisotopic (exact) mass is 353 g/mol. The maximum atomic E-state index is 13.1. The van der Waals surface area contributed by atoms with Crippen LogP contribution in [0.3, 0.4) is 0 Å². The lowest BCUT2D eigenvalue weighted by atomic mass is 9.98. The lowest BCUT2D eigenvalue weighted by Crippen LogP contribution is -2.38. The van der Waals surface area contributed by atoms with E-state index in [1.165, 1.54) is 6.42 Å². The number of carbonyl (C=O) groups excluding carboxylic acids is 1. The van der Waals surface area contributed by atoms with Crippen molar-refractivity contribution in [2.75, 3.05) is 0 Å². The van der Waals surface area contributed by atoms with Gasteiger partial charge in [-0.3, -0.25) is 9.36 Å². The highest BCUT2D eigenvalue weighted by molar-refractivity contribution is 7.58. The van der Waals surface area contributed by atoms with E-state index in [0.29, 0.717) is 5.75 Å². The Labute approximate surface area is 144 Å². The van der Waals surface area contributed by atoms with E-state index in [-0.39, 0.29) is 17.7 Å². The fraction of sp³-hybridized carbons (Fsp3) is 0.611. The van der Waals surface area contributed by atoms with Gasteiger partial charge in [0.1, 0.15) is 17.9 Å². The predicted molar refractivity (Wildman–Crippen MR) is 95.4 cm³/mol. The molecule has 1 aromatic carbocycles. The average Bonchev–Trinajstić information content (AvgIpc) is 2.56. The van der Waals surface area contributed by atoms with Gasteiger partial charge in [-0.15, -0.1) is 0 Å². The molecule has 1 saturated carbocycles. The summed E-state index contributed by atoms with van der Waals surface area (Å²) in [5.41, 5.74) is -0.261. The van der Waals surface area contributed by atoms with Gasteiger partial charge in [0.2, 0.25) is 0 Å². The Morgan fingerprint density at radius 2 is 1.75 bits per heavy atom. The first-order chi connectivity index (χ1) is 11.4. The molecule has 0 spiro atoms. The molecule has 1 N–H and O–H groups in total. The topological polar surface area (TPSA) is 64.6 Å². The Balaban J connectivity index is 1.98. The minimum atomic E-state index is -3.23. The van der Waals surface area contributed by atoms with Crippen molar-refractivity contribution in [3.8, 4) is 5.75 Å². The number of ether oxygens (including phenoxy) is 1. The van der Waals surface area contributed by atoms with E-state index >= 15 is 0 Å². The third kappa shape index (κ3) is 5.35. The minimum absolute atomic E-state index is 0.0102. The average molecular weight is 353 g/mol. The fourth-order valence-corrected chi connectivity index (χ4v) is 4.33. The first-order valence-corrected chi connectivity index (χ1v) is 10.4. The SMILES string of the molecule is CC(C)P(=O)(N[C@@H](C)C(=O)OC1CCCCC1)Oc1ccccc1. The van der Waals surface area contributed by atoms with Gasteiger partial charge >= 0.3 is 13.5 Å². The Morgan fingerprint density at radius 1 is 1.12 bits per heavy atom. The number of hydrogen-bond acceptors (Lipinski definition) is 4. The first kappa shape index (κ1) is 19.0. The summed E-state index contributed by atoms with van der Waals surface area (Å²) in [5.74, 6) is 0.161. The molecule has 6 heteroatoms. The van der Waals surface area contributed by atoms with Crippen LogP contribution in [0.25, 0.3) is 0 Å². The van der Waals surface area contributed by atoms with Gasteiger partial charge in [-0.2, -0.15) is 0 Å². The highest BCUT2D eigenvalue weighted by Gasteiger charge is 2.34. The summed E-state index contributed by atoms with van der Waals surface area (Å²) in [6.45, 7) is 5.31. The van der Waals surface area contributed by atoms with Crippen molar-refractivity contribution >= 4 is 13.5 Å². The third-order valence-electron chi connectivity index (χ3n) is 4.23. The molecule has 5 nitrogen and oxygen atoms in total. The molecule has 1 fully saturated rings. The van der Waals surface area contributed by atoms with Crippen LogP contribution in [0.2, 0.25) is 0 Å². The summed E-state index contributed by atoms with van der Waals surface area (Å²) in [6.07, 6.45) is 5.23. The molecule has 24 heavy (non-hydrogen) atoms. The highest BCUT2D eigenvalue weighted by Crippen LogP contribution is 2.48. The van der Waals surface area contributed by atoms with Gasteiger partial charge < -0.3 is 9.26 Å². The summed E-state index contributed by atoms with van der Waals surface area (Å²) in [7, 11) is -3.23. The smallest absolute Gasteiger partial charge is 0.323 e. The minimum Gasteiger partial charge on any atom is -0.461 e. The second kappa shape index (κ2) is 8.68. The number of benzene rings is 1. The maximum absolute atomic E-state index is 13.1. The molecule has 0 aliphatic heterocycles. The summed E-state index contributed by atoms with van der Waals surface area (Å²) >= 11 is 0. The van der Waals surface area contributed by atoms with Crippen molar-refractivity contribution in [2.45, 2.75) is 70.7 Å². The molecule has 1 aliphatic carbocycles. The normalized spacial score (nSPS) is 19.5. The maximum Gasteiger partial charge on any atom is 0.323 e. The van der Waals surface area contributed by atoms with Crippen LogP contribution in [0.15, 0.2) is 30.3 Å². The van der Waals surface area contributed by atoms with E-state index in [1.54, 1.807) is 19.1 Å². The lowest BCUT2D eigenvalue weighted by Gasteiger charge is -2.28. The van der Waals surface area contributed by atoms with E-state index in [4.69, 9.17) is 9.26 Å². The molecule has 0 amide bonds. The highest BCUT2D eigenvalue weighted by atomic mass is 31.2. The van der Waals surface area contributed by atoms with Crippen LogP contribution in [-0.2, 0) is 14.1 Å². The van der Waals surface area contributed by atoms with Gasteiger partial charge in [0.05, 0.1) is 5.66 Å². The number of carbonyl (C=O) groups is 1. The molecular formula is C18H28NO4P. The lowest BCUT2D eigenvalue weighted by molar-refractivity contribution is -0.152. The summed E-state index contributed by atoms with van der Waals surface area (Å²) < 4.78 is 24.4. The Bertz CT molecular complexity index is 570. The number of hydrogen-bond donors (Lipinski definition) is 1. The molecule has 0 heterocycles. The van der Waals surface area contributed by atoms with Crippen molar-refractivity contribution in [1.29, 1.82) is 0 Å². The van der Waals surface area contributed by atoms with Crippen LogP contribution in [0, 0.1) is 0 Å². The number of rotatable bonds is 7. The summed E-state index contributed by atoms with van der Waals surface area (Å²) in [5, 5.41) is 2.89. The zero-order valence-electron chi connectivity index (χ0n) is 14.7. The van der Waals surface area contributed by atoms with Gasteiger partial charge in [0.25, 0.3) is 0 Å². The molecule has 2 atom stereocenters. The van der Waals surface area contributed by atoms with Crippen LogP contribution in [-0.4, -0.2) is 23.8 Å². The summed E-state index contributed by atoms with van der Waals surface area (Å²) in [4.78, 5) is 12.3. The second-order valence-electron chi connectivity index (χ2n) is 6.64. The number of nitrogens with one attached hydrogen (secondary N) is 1. The van der Waals surface area contributed by atoms with Gasteiger partial charge in [0, 0.05) is 0 Å². The van der Waals surface area contributed by atoms with Gasteiger partial charge in [-0.1, -0.05) is 38.5 Å². The molecule has 1 aromatic rings. The largest absolute Gasteiger partial charge is 0.461 e. The van der Waals surface area contributed by atoms with Crippen LogP contribution < -0.4 is 9.61 Å². The Morgan fingerprint density at radius 3 is 2.33 bits per heavy atom. The predicted octanol–water partition coefficient (Wildman–Crippen LogP) is 4.52. The van der Waals surface area contributed by atoms with Crippen molar-refractivity contribution in [2.24, 2.45) is 0 Å². The number of para-hydroxylation sites is 1. The van der Waals surface area contributed by atoms with E-state index < -0.39 is 13.6 Å². The van der Waals surface area contributed by atoms with E-state index in [1.807, 2.05) is 32.0 Å². The van der Waals surface area contributed by atoms with Gasteiger partial charge in [-0.05, 0) is 44.7 Å². The van der Waals surface area contributed by atoms with Crippen LogP contribution in [0.5, 0.6) is 5.75 Å². The molecule has 0 aromatic heterocycles. The second-order valence-corrected chi connectivity index (χ2v) is 9.31. The van der Waals surface area contributed by atoms with E-state index in [2.05, 4.69) is 5.09 Å². The molecule has 1 aliphatic rings. The third-order valence-corrected chi connectivity index (χ3v) is 6.82. The quantitative estimate of drug-likeness (QED) is 0.577. The van der Waals surface area contributed by atoms with Crippen LogP contribution in [0.1, 0.15) is 52.9 Å². The summed E-state index contributed by atoms with van der Waals surface area (Å²) in [6, 6.07) is 8.33. The fourth-order valence-electron chi connectivity index (χ4n) is 2.69. The van der Waals surface area contributed by atoms with E-state index in [0.717, 1.165) is 25.7 Å². The van der Waals surface area contributed by atoms with Gasteiger partial charge in [-0.25, -0.2) is 5.09 Å². The zero-order chi connectivity index (χ0) is 17.6. The van der Waals surface area contributed by atoms with Gasteiger partial charge in [0.15, 0.2) is 0 Å². The molecule has 0 bridgehead atoms. The van der Waals surface area contributed by atoms with Crippen molar-refractivity contribution in [3.63, 3.8) is 0 Å². The first-order valence-electron chi connectivity index (χ1n) is 8.73. The van der Waals surface area contributed by atoms with Crippen LogP contribution >= 0.6 is 7.52 Å². The molecule has 2 rings (SSSR count). The van der Waals surface area contributed by atoms with Crippen molar-refractivity contribution in [1.82, 2.24) is 5.09 Å². The van der Waals surface area contributed by atoms with Crippen molar-refractivity contribution in [3.05, 3.63) is 30.3 Å². The zero-order valence-corrected chi connectivity index (χ0v) is 15.6. The number of esters is 1. The van der Waals surface area contributed by atoms with Crippen molar-refractivity contribution < 1.29 is 18.6 Å².